The third kappa shape index (κ3) is 4.69. The van der Waals surface area contributed by atoms with Crippen molar-refractivity contribution in [3.8, 4) is 0 Å². The van der Waals surface area contributed by atoms with Crippen LogP contribution in [-0.4, -0.2) is 36.5 Å². The third-order valence-electron chi connectivity index (χ3n) is 5.19. The van der Waals surface area contributed by atoms with Crippen molar-refractivity contribution >= 4 is 23.5 Å². The van der Waals surface area contributed by atoms with E-state index in [1.807, 2.05) is 25.7 Å². The van der Waals surface area contributed by atoms with Crippen molar-refractivity contribution < 1.29 is 23.5 Å². The molecule has 3 rings (SSSR count). The molecule has 1 aromatic carbocycles. The van der Waals surface area contributed by atoms with Crippen LogP contribution in [0.3, 0.4) is 0 Å². The quantitative estimate of drug-likeness (QED) is 0.634. The van der Waals surface area contributed by atoms with Gasteiger partial charge in [0.2, 0.25) is 11.8 Å². The molecule has 0 saturated carbocycles. The molecule has 0 spiro atoms. The lowest BCUT2D eigenvalue weighted by atomic mass is 9.90. The molecule has 1 unspecified atom stereocenters. The van der Waals surface area contributed by atoms with Gasteiger partial charge < -0.3 is 9.64 Å². The van der Waals surface area contributed by atoms with Gasteiger partial charge >= 0.3 is 5.97 Å². The molecule has 2 heterocycles. The highest BCUT2D eigenvalue weighted by Gasteiger charge is 2.31. The predicted octanol–water partition coefficient (Wildman–Crippen LogP) is 2.90. The summed E-state index contributed by atoms with van der Waals surface area (Å²) in [6, 6.07) is 4.82. The molecular formula is C21H27FN2O4. The number of nitrogens with zero attached hydrogens (tertiary/aromatic N) is 1. The van der Waals surface area contributed by atoms with E-state index in [9.17, 15) is 18.8 Å². The van der Waals surface area contributed by atoms with Crippen molar-refractivity contribution in [2.45, 2.75) is 58.0 Å². The summed E-state index contributed by atoms with van der Waals surface area (Å²) in [4.78, 5) is 37.4. The smallest absolute Gasteiger partial charge is 0.309 e. The number of hydrogen-bond donors (Lipinski definition) is 1. The van der Waals surface area contributed by atoms with Gasteiger partial charge in [0.1, 0.15) is 11.4 Å². The van der Waals surface area contributed by atoms with Gasteiger partial charge in [-0.2, -0.15) is 0 Å². The van der Waals surface area contributed by atoms with Crippen LogP contribution < -0.4 is 10.2 Å². The summed E-state index contributed by atoms with van der Waals surface area (Å²) >= 11 is 0. The van der Waals surface area contributed by atoms with Crippen LogP contribution in [0.1, 0.15) is 57.9 Å². The maximum atomic E-state index is 14.7. The van der Waals surface area contributed by atoms with Gasteiger partial charge in [0.05, 0.1) is 17.5 Å². The molecule has 2 saturated heterocycles. The largest absolute Gasteiger partial charge is 0.460 e. The van der Waals surface area contributed by atoms with Crippen LogP contribution in [0.2, 0.25) is 0 Å². The Balaban J connectivity index is 1.63. The lowest BCUT2D eigenvalue weighted by Gasteiger charge is -2.34. The Kier molecular flexibility index (Phi) is 5.72. The van der Waals surface area contributed by atoms with Crippen LogP contribution in [0.4, 0.5) is 10.1 Å². The van der Waals surface area contributed by atoms with Crippen LogP contribution in [0, 0.1) is 11.7 Å². The van der Waals surface area contributed by atoms with E-state index in [4.69, 9.17) is 4.74 Å². The Morgan fingerprint density at radius 2 is 1.86 bits per heavy atom. The third-order valence-corrected chi connectivity index (χ3v) is 5.19. The molecule has 2 aliphatic rings. The van der Waals surface area contributed by atoms with Gasteiger partial charge in [-0.25, -0.2) is 4.39 Å². The van der Waals surface area contributed by atoms with Crippen LogP contribution in [0.15, 0.2) is 18.2 Å². The van der Waals surface area contributed by atoms with E-state index in [2.05, 4.69) is 5.32 Å². The molecule has 0 radical (unpaired) electrons. The van der Waals surface area contributed by atoms with Gasteiger partial charge in [-0.15, -0.1) is 0 Å². The number of nitrogens with one attached hydrogen (secondary N) is 1. The molecule has 0 aromatic heterocycles. The van der Waals surface area contributed by atoms with Crippen LogP contribution in [-0.2, 0) is 19.1 Å². The first-order valence-corrected chi connectivity index (χ1v) is 9.75. The summed E-state index contributed by atoms with van der Waals surface area (Å²) in [7, 11) is 0. The molecule has 6 nitrogen and oxygen atoms in total. The molecule has 2 amide bonds. The number of rotatable bonds is 3. The second-order valence-corrected chi connectivity index (χ2v) is 8.51. The molecule has 152 valence electrons. The summed E-state index contributed by atoms with van der Waals surface area (Å²) in [6.07, 6.45) is 1.88. The maximum absolute atomic E-state index is 14.7. The average molecular weight is 390 g/mol. The highest BCUT2D eigenvalue weighted by atomic mass is 19.1. The van der Waals surface area contributed by atoms with Gasteiger partial charge in [-0.3, -0.25) is 19.7 Å². The molecule has 1 aromatic rings. The topological polar surface area (TPSA) is 75.7 Å². The minimum atomic E-state index is -0.508. The number of piperidine rings is 2. The van der Waals surface area contributed by atoms with Crippen molar-refractivity contribution in [2.75, 3.05) is 18.0 Å². The number of ether oxygens (including phenoxy) is 1. The molecule has 1 atom stereocenters. The van der Waals surface area contributed by atoms with E-state index in [0.717, 1.165) is 0 Å². The zero-order valence-electron chi connectivity index (χ0n) is 16.6. The lowest BCUT2D eigenvalue weighted by Crippen LogP contribution is -2.40. The highest BCUT2D eigenvalue weighted by Crippen LogP contribution is 2.31. The SMILES string of the molecule is CC(C)(C)OC(=O)C1CCN(c2ccc(C3CCC(=O)NC3=O)cc2F)CC1. The number of imide groups is 1. The van der Waals surface area contributed by atoms with E-state index in [1.165, 1.54) is 6.07 Å². The zero-order chi connectivity index (χ0) is 20.5. The predicted molar refractivity (Wildman–Crippen MR) is 102 cm³/mol. The van der Waals surface area contributed by atoms with Crippen molar-refractivity contribution in [1.29, 1.82) is 0 Å². The summed E-state index contributed by atoms with van der Waals surface area (Å²) in [5.74, 6) is -1.91. The first-order valence-electron chi connectivity index (χ1n) is 9.75. The van der Waals surface area contributed by atoms with Crippen LogP contribution in [0.25, 0.3) is 0 Å². The van der Waals surface area contributed by atoms with Crippen molar-refractivity contribution in [3.05, 3.63) is 29.6 Å². The summed E-state index contributed by atoms with van der Waals surface area (Å²) < 4.78 is 20.2. The fourth-order valence-corrected chi connectivity index (χ4v) is 3.75. The number of anilines is 1. The number of benzene rings is 1. The average Bonchev–Trinajstić information content (AvgIpc) is 2.60. The van der Waals surface area contributed by atoms with Gasteiger partial charge in [0.15, 0.2) is 0 Å². The summed E-state index contributed by atoms with van der Waals surface area (Å²) in [5, 5.41) is 2.30. The van der Waals surface area contributed by atoms with Crippen LogP contribution in [0.5, 0.6) is 0 Å². The van der Waals surface area contributed by atoms with Crippen LogP contribution >= 0.6 is 0 Å². The minimum absolute atomic E-state index is 0.165. The van der Waals surface area contributed by atoms with Gasteiger partial charge in [0, 0.05) is 19.5 Å². The van der Waals surface area contributed by atoms with E-state index < -0.39 is 17.3 Å². The van der Waals surface area contributed by atoms with E-state index >= 15 is 0 Å². The van der Waals surface area contributed by atoms with Gasteiger partial charge in [-0.1, -0.05) is 6.07 Å². The molecule has 2 fully saturated rings. The Morgan fingerprint density at radius 3 is 2.43 bits per heavy atom. The molecule has 2 aliphatic heterocycles. The molecule has 0 bridgehead atoms. The monoisotopic (exact) mass is 390 g/mol. The van der Waals surface area contributed by atoms with Gasteiger partial charge in [0.25, 0.3) is 0 Å². The Hall–Kier alpha value is -2.44. The molecule has 7 heteroatoms. The fraction of sp³-hybridized carbons (Fsp3) is 0.571. The van der Waals surface area contributed by atoms with Gasteiger partial charge in [-0.05, 0) is 57.7 Å². The number of halogens is 1. The Labute approximate surface area is 164 Å². The van der Waals surface area contributed by atoms with Crippen molar-refractivity contribution in [3.63, 3.8) is 0 Å². The summed E-state index contributed by atoms with van der Waals surface area (Å²) in [5.41, 5.74) is 0.542. The first kappa shape index (κ1) is 20.3. The number of esters is 1. The fourth-order valence-electron chi connectivity index (χ4n) is 3.75. The number of amides is 2. The van der Waals surface area contributed by atoms with E-state index in [1.54, 1.807) is 12.1 Å². The second kappa shape index (κ2) is 7.89. The normalized spacial score (nSPS) is 21.4. The van der Waals surface area contributed by atoms with E-state index in [0.29, 0.717) is 43.6 Å². The molecule has 28 heavy (non-hydrogen) atoms. The molecular weight excluding hydrogens is 363 g/mol. The number of carbonyl (C=O) groups excluding carboxylic acids is 3. The number of hydrogen-bond acceptors (Lipinski definition) is 5. The second-order valence-electron chi connectivity index (χ2n) is 8.51. The zero-order valence-corrected chi connectivity index (χ0v) is 16.6. The van der Waals surface area contributed by atoms with E-state index in [-0.39, 0.29) is 30.1 Å². The Morgan fingerprint density at radius 1 is 1.18 bits per heavy atom. The highest BCUT2D eigenvalue weighted by molar-refractivity contribution is 6.00. The molecule has 1 N–H and O–H groups in total. The Bertz CT molecular complexity index is 779. The minimum Gasteiger partial charge on any atom is -0.460 e. The number of carbonyl (C=O) groups is 3. The first-order chi connectivity index (χ1) is 13.1. The van der Waals surface area contributed by atoms with Crippen molar-refractivity contribution in [2.24, 2.45) is 5.92 Å². The summed E-state index contributed by atoms with van der Waals surface area (Å²) in [6.45, 7) is 6.68. The standard InChI is InChI=1S/C21H27FN2O4/c1-21(2,3)28-20(27)13-8-10-24(11-9-13)17-6-4-14(12-16(17)22)15-5-7-18(25)23-19(15)26/h4,6,12-13,15H,5,7-11H2,1-3H3,(H,23,25,26). The van der Waals surface area contributed by atoms with Crippen molar-refractivity contribution in [1.82, 2.24) is 5.32 Å². The maximum Gasteiger partial charge on any atom is 0.309 e. The molecule has 0 aliphatic carbocycles. The lowest BCUT2D eigenvalue weighted by molar-refractivity contribution is -0.160.